The maximum atomic E-state index is 12.2. The zero-order chi connectivity index (χ0) is 20.1. The molecule has 0 fully saturated rings. The quantitative estimate of drug-likeness (QED) is 0.641. The monoisotopic (exact) mass is 397 g/mol. The summed E-state index contributed by atoms with van der Waals surface area (Å²) in [4.78, 5) is 24.2. The van der Waals surface area contributed by atoms with Crippen LogP contribution in [0.1, 0.15) is 16.8 Å². The van der Waals surface area contributed by atoms with E-state index >= 15 is 0 Å². The standard InChI is InChI=1S/C21H20ClN3O3/c1-14-7-9-17(10-8-14)25-19(11-15(2)24-25)23-20(26)13-28-21(27)12-16-5-3-4-6-18(16)22/h3-11H,12-13H2,1-2H3,(H,23,26). The highest BCUT2D eigenvalue weighted by Crippen LogP contribution is 2.18. The Balaban J connectivity index is 1.60. The van der Waals surface area contributed by atoms with E-state index in [4.69, 9.17) is 16.3 Å². The number of amides is 1. The molecule has 0 aliphatic heterocycles. The van der Waals surface area contributed by atoms with Crippen molar-refractivity contribution >= 4 is 29.3 Å². The first-order valence-electron chi connectivity index (χ1n) is 8.75. The zero-order valence-electron chi connectivity index (χ0n) is 15.6. The second-order valence-electron chi connectivity index (χ2n) is 6.40. The molecule has 0 radical (unpaired) electrons. The molecule has 0 saturated heterocycles. The number of benzene rings is 2. The second-order valence-corrected chi connectivity index (χ2v) is 6.80. The van der Waals surface area contributed by atoms with Crippen molar-refractivity contribution in [2.24, 2.45) is 0 Å². The third kappa shape index (κ3) is 4.98. The molecule has 2 aromatic carbocycles. The van der Waals surface area contributed by atoms with Crippen LogP contribution in [0.3, 0.4) is 0 Å². The van der Waals surface area contributed by atoms with E-state index in [2.05, 4.69) is 10.4 Å². The van der Waals surface area contributed by atoms with Crippen molar-refractivity contribution in [2.45, 2.75) is 20.3 Å². The van der Waals surface area contributed by atoms with Crippen LogP contribution in [-0.2, 0) is 20.7 Å². The second kappa shape index (κ2) is 8.71. The molecule has 1 N–H and O–H groups in total. The largest absolute Gasteiger partial charge is 0.455 e. The highest BCUT2D eigenvalue weighted by molar-refractivity contribution is 6.31. The molecule has 7 heteroatoms. The molecule has 1 amide bonds. The molecule has 28 heavy (non-hydrogen) atoms. The van der Waals surface area contributed by atoms with Crippen LogP contribution in [0.2, 0.25) is 5.02 Å². The Morgan fingerprint density at radius 1 is 1.11 bits per heavy atom. The fourth-order valence-corrected chi connectivity index (χ4v) is 2.85. The summed E-state index contributed by atoms with van der Waals surface area (Å²) in [6, 6.07) is 16.5. The molecule has 0 bridgehead atoms. The van der Waals surface area contributed by atoms with Crippen molar-refractivity contribution < 1.29 is 14.3 Å². The molecule has 144 valence electrons. The number of carbonyl (C=O) groups excluding carboxylic acids is 2. The summed E-state index contributed by atoms with van der Waals surface area (Å²) in [6.45, 7) is 3.45. The molecular weight excluding hydrogens is 378 g/mol. The van der Waals surface area contributed by atoms with Gasteiger partial charge in [0.05, 0.1) is 17.8 Å². The number of nitrogens with one attached hydrogen (secondary N) is 1. The summed E-state index contributed by atoms with van der Waals surface area (Å²) in [5, 5.41) is 7.62. The Hall–Kier alpha value is -3.12. The molecule has 6 nitrogen and oxygen atoms in total. The molecule has 0 aliphatic carbocycles. The maximum absolute atomic E-state index is 12.2. The number of rotatable bonds is 6. The Kier molecular flexibility index (Phi) is 6.11. The average Bonchev–Trinajstić information content (AvgIpc) is 3.02. The van der Waals surface area contributed by atoms with Crippen LogP contribution in [0.25, 0.3) is 5.69 Å². The van der Waals surface area contributed by atoms with Gasteiger partial charge in [0.1, 0.15) is 5.82 Å². The van der Waals surface area contributed by atoms with Crippen LogP contribution in [0.15, 0.2) is 54.6 Å². The third-order valence-electron chi connectivity index (χ3n) is 4.03. The van der Waals surface area contributed by atoms with E-state index in [1.54, 1.807) is 35.0 Å². The predicted molar refractivity (Wildman–Crippen MR) is 108 cm³/mol. The molecular formula is C21H20ClN3O3. The van der Waals surface area contributed by atoms with Crippen LogP contribution < -0.4 is 5.32 Å². The van der Waals surface area contributed by atoms with Gasteiger partial charge in [-0.15, -0.1) is 0 Å². The Bertz CT molecular complexity index is 996. The zero-order valence-corrected chi connectivity index (χ0v) is 16.4. The van der Waals surface area contributed by atoms with Crippen LogP contribution in [0.4, 0.5) is 5.82 Å². The summed E-state index contributed by atoms with van der Waals surface area (Å²) in [6.07, 6.45) is 0.00730. The summed E-state index contributed by atoms with van der Waals surface area (Å²) < 4.78 is 6.70. The lowest BCUT2D eigenvalue weighted by Crippen LogP contribution is -2.23. The van der Waals surface area contributed by atoms with Crippen molar-refractivity contribution in [3.8, 4) is 5.69 Å². The minimum Gasteiger partial charge on any atom is -0.455 e. The van der Waals surface area contributed by atoms with Gasteiger partial charge in [0.25, 0.3) is 5.91 Å². The lowest BCUT2D eigenvalue weighted by atomic mass is 10.1. The van der Waals surface area contributed by atoms with E-state index in [-0.39, 0.29) is 13.0 Å². The van der Waals surface area contributed by atoms with Crippen molar-refractivity contribution in [1.29, 1.82) is 0 Å². The normalized spacial score (nSPS) is 10.5. The lowest BCUT2D eigenvalue weighted by molar-refractivity contribution is -0.146. The summed E-state index contributed by atoms with van der Waals surface area (Å²) in [5.41, 5.74) is 3.36. The van der Waals surface area contributed by atoms with Gasteiger partial charge in [-0.3, -0.25) is 9.59 Å². The minimum absolute atomic E-state index is 0.00730. The first-order chi connectivity index (χ1) is 13.4. The van der Waals surface area contributed by atoms with Crippen molar-refractivity contribution in [2.75, 3.05) is 11.9 Å². The number of ether oxygens (including phenoxy) is 1. The van der Waals surface area contributed by atoms with Gasteiger partial charge < -0.3 is 10.1 Å². The minimum atomic E-state index is -0.522. The van der Waals surface area contributed by atoms with Gasteiger partial charge in [-0.05, 0) is 37.6 Å². The highest BCUT2D eigenvalue weighted by Gasteiger charge is 2.14. The van der Waals surface area contributed by atoms with E-state index in [1.165, 1.54) is 0 Å². The number of hydrogen-bond donors (Lipinski definition) is 1. The van der Waals surface area contributed by atoms with E-state index in [0.717, 1.165) is 16.9 Å². The van der Waals surface area contributed by atoms with Crippen LogP contribution in [-0.4, -0.2) is 28.3 Å². The lowest BCUT2D eigenvalue weighted by Gasteiger charge is -2.10. The number of esters is 1. The maximum Gasteiger partial charge on any atom is 0.310 e. The van der Waals surface area contributed by atoms with Crippen LogP contribution in [0.5, 0.6) is 0 Å². The smallest absolute Gasteiger partial charge is 0.310 e. The van der Waals surface area contributed by atoms with Gasteiger partial charge in [0.15, 0.2) is 6.61 Å². The van der Waals surface area contributed by atoms with E-state index in [1.807, 2.05) is 38.1 Å². The first-order valence-corrected chi connectivity index (χ1v) is 9.13. The molecule has 1 heterocycles. The molecule has 3 rings (SSSR count). The number of nitrogens with zero attached hydrogens (tertiary/aromatic N) is 2. The van der Waals surface area contributed by atoms with Gasteiger partial charge in [0, 0.05) is 11.1 Å². The number of carbonyl (C=O) groups is 2. The Labute approximate surface area is 168 Å². The molecule has 0 saturated carbocycles. The van der Waals surface area contributed by atoms with Crippen LogP contribution in [0, 0.1) is 13.8 Å². The number of halogens is 1. The third-order valence-corrected chi connectivity index (χ3v) is 4.40. The van der Waals surface area contributed by atoms with E-state index in [9.17, 15) is 9.59 Å². The van der Waals surface area contributed by atoms with E-state index < -0.39 is 11.9 Å². The average molecular weight is 398 g/mol. The number of hydrogen-bond acceptors (Lipinski definition) is 4. The van der Waals surface area contributed by atoms with E-state index in [0.29, 0.717) is 16.4 Å². The topological polar surface area (TPSA) is 73.2 Å². The fourth-order valence-electron chi connectivity index (χ4n) is 2.64. The van der Waals surface area contributed by atoms with Crippen molar-refractivity contribution in [3.05, 3.63) is 76.4 Å². The molecule has 0 atom stereocenters. The molecule has 0 spiro atoms. The van der Waals surface area contributed by atoms with Gasteiger partial charge >= 0.3 is 5.97 Å². The number of anilines is 1. The molecule has 1 aromatic heterocycles. The highest BCUT2D eigenvalue weighted by atomic mass is 35.5. The Morgan fingerprint density at radius 3 is 2.54 bits per heavy atom. The summed E-state index contributed by atoms with van der Waals surface area (Å²) in [7, 11) is 0. The summed E-state index contributed by atoms with van der Waals surface area (Å²) in [5.74, 6) is -0.458. The fraction of sp³-hybridized carbons (Fsp3) is 0.190. The number of aryl methyl sites for hydroxylation is 2. The van der Waals surface area contributed by atoms with Gasteiger partial charge in [-0.25, -0.2) is 4.68 Å². The Morgan fingerprint density at radius 2 is 1.82 bits per heavy atom. The van der Waals surface area contributed by atoms with Crippen molar-refractivity contribution in [3.63, 3.8) is 0 Å². The van der Waals surface area contributed by atoms with Gasteiger partial charge in [0.2, 0.25) is 0 Å². The molecule has 0 unspecified atom stereocenters. The summed E-state index contributed by atoms with van der Waals surface area (Å²) >= 11 is 6.03. The SMILES string of the molecule is Cc1ccc(-n2nc(C)cc2NC(=O)COC(=O)Cc2ccccc2Cl)cc1. The van der Waals surface area contributed by atoms with Crippen molar-refractivity contribution in [1.82, 2.24) is 9.78 Å². The van der Waals surface area contributed by atoms with Gasteiger partial charge in [-0.1, -0.05) is 47.5 Å². The number of aromatic nitrogens is 2. The molecule has 3 aromatic rings. The van der Waals surface area contributed by atoms with Crippen LogP contribution >= 0.6 is 11.6 Å². The first kappa shape index (κ1) is 19.6. The molecule has 0 aliphatic rings. The van der Waals surface area contributed by atoms with Gasteiger partial charge in [-0.2, -0.15) is 5.10 Å². The predicted octanol–water partition coefficient (Wildman–Crippen LogP) is 3.87.